The van der Waals surface area contributed by atoms with Crippen molar-refractivity contribution in [3.05, 3.63) is 59.2 Å². The Bertz CT molecular complexity index is 999. The van der Waals surface area contributed by atoms with Crippen LogP contribution < -0.4 is 5.32 Å². The molecule has 0 aliphatic rings. The lowest BCUT2D eigenvalue weighted by atomic mass is 10.1. The minimum atomic E-state index is -3.92. The number of para-hydroxylation sites is 1. The lowest BCUT2D eigenvalue weighted by Gasteiger charge is -2.17. The van der Waals surface area contributed by atoms with Gasteiger partial charge in [0.05, 0.1) is 17.6 Å². The maximum atomic E-state index is 12.4. The third-order valence-corrected chi connectivity index (χ3v) is 6.02. The predicted octanol–water partition coefficient (Wildman–Crippen LogP) is 2.67. The molecule has 1 unspecified atom stereocenters. The number of carbonyl (C=O) groups excluding carboxylic acids is 2. The molecule has 0 heterocycles. The van der Waals surface area contributed by atoms with Crippen molar-refractivity contribution in [3.8, 4) is 0 Å². The molecule has 1 N–H and O–H groups in total. The van der Waals surface area contributed by atoms with Gasteiger partial charge in [0.2, 0.25) is 0 Å². The standard InChI is InChI=1S/C20H24N2O6S/c1-13-8-6-9-14(2)18(13)21-19(23)15(3)28-20(24)16-10-7-11-17(12-16)29(25,26)22(4)27-5/h6-12,15H,1-5H3,(H,21,23). The van der Waals surface area contributed by atoms with E-state index in [9.17, 15) is 18.0 Å². The Balaban J connectivity index is 2.14. The summed E-state index contributed by atoms with van der Waals surface area (Å²) in [5, 5.41) is 2.76. The molecule has 0 spiro atoms. The molecular weight excluding hydrogens is 396 g/mol. The molecule has 2 aromatic carbocycles. The summed E-state index contributed by atoms with van der Waals surface area (Å²) in [6, 6.07) is 10.9. The Morgan fingerprint density at radius 2 is 1.66 bits per heavy atom. The van der Waals surface area contributed by atoms with Crippen LogP contribution >= 0.6 is 0 Å². The quantitative estimate of drug-likeness (QED) is 0.546. The minimum Gasteiger partial charge on any atom is -0.449 e. The van der Waals surface area contributed by atoms with Crippen LogP contribution in [0.4, 0.5) is 5.69 Å². The number of sulfonamides is 1. The molecule has 0 aromatic heterocycles. The lowest BCUT2D eigenvalue weighted by Crippen LogP contribution is -2.30. The summed E-state index contributed by atoms with van der Waals surface area (Å²) in [7, 11) is -1.47. The first-order valence-electron chi connectivity index (χ1n) is 8.79. The van der Waals surface area contributed by atoms with E-state index in [1.807, 2.05) is 32.0 Å². The van der Waals surface area contributed by atoms with Crippen molar-refractivity contribution in [2.24, 2.45) is 0 Å². The van der Waals surface area contributed by atoms with Gasteiger partial charge in [0.15, 0.2) is 6.10 Å². The zero-order valence-electron chi connectivity index (χ0n) is 16.9. The Morgan fingerprint density at radius 1 is 1.07 bits per heavy atom. The Labute approximate surface area is 170 Å². The number of benzene rings is 2. The number of anilines is 1. The van der Waals surface area contributed by atoms with Crippen LogP contribution in [0.15, 0.2) is 47.4 Å². The zero-order valence-corrected chi connectivity index (χ0v) is 17.7. The van der Waals surface area contributed by atoms with Crippen LogP contribution in [0.2, 0.25) is 0 Å². The molecule has 0 radical (unpaired) electrons. The average Bonchev–Trinajstić information content (AvgIpc) is 2.69. The van der Waals surface area contributed by atoms with Crippen LogP contribution in [-0.2, 0) is 24.4 Å². The van der Waals surface area contributed by atoms with E-state index in [-0.39, 0.29) is 10.5 Å². The van der Waals surface area contributed by atoms with Crippen LogP contribution in [0.25, 0.3) is 0 Å². The highest BCUT2D eigenvalue weighted by atomic mass is 32.2. The van der Waals surface area contributed by atoms with Crippen LogP contribution in [0.1, 0.15) is 28.4 Å². The average molecular weight is 420 g/mol. The number of hydrogen-bond acceptors (Lipinski definition) is 6. The van der Waals surface area contributed by atoms with Gasteiger partial charge in [-0.1, -0.05) is 28.7 Å². The predicted molar refractivity (Wildman–Crippen MR) is 108 cm³/mol. The van der Waals surface area contributed by atoms with E-state index in [1.165, 1.54) is 45.3 Å². The number of amides is 1. The molecule has 156 valence electrons. The second kappa shape index (κ2) is 9.17. The first kappa shape index (κ1) is 22.5. The molecule has 9 heteroatoms. The van der Waals surface area contributed by atoms with Crippen LogP contribution in [-0.4, -0.2) is 45.0 Å². The van der Waals surface area contributed by atoms with E-state index in [4.69, 9.17) is 9.57 Å². The second-order valence-corrected chi connectivity index (χ2v) is 8.36. The molecule has 0 fully saturated rings. The number of nitrogens with zero attached hydrogens (tertiary/aromatic N) is 1. The molecule has 1 amide bonds. The molecule has 0 saturated carbocycles. The fourth-order valence-corrected chi connectivity index (χ4v) is 3.57. The van der Waals surface area contributed by atoms with E-state index < -0.39 is 28.0 Å². The summed E-state index contributed by atoms with van der Waals surface area (Å²) in [4.78, 5) is 29.4. The van der Waals surface area contributed by atoms with Crippen molar-refractivity contribution < 1.29 is 27.6 Å². The van der Waals surface area contributed by atoms with Crippen molar-refractivity contribution in [1.29, 1.82) is 0 Å². The third-order valence-electron chi connectivity index (χ3n) is 4.35. The number of rotatable bonds is 7. The topological polar surface area (TPSA) is 102 Å². The monoisotopic (exact) mass is 420 g/mol. The molecule has 1 atom stereocenters. The molecule has 0 bridgehead atoms. The van der Waals surface area contributed by atoms with Gasteiger partial charge in [0, 0.05) is 12.7 Å². The maximum Gasteiger partial charge on any atom is 0.338 e. The molecule has 2 rings (SSSR count). The lowest BCUT2D eigenvalue weighted by molar-refractivity contribution is -0.123. The van der Waals surface area contributed by atoms with Gasteiger partial charge in [-0.05, 0) is 50.1 Å². The molecule has 2 aromatic rings. The van der Waals surface area contributed by atoms with Crippen LogP contribution in [0.3, 0.4) is 0 Å². The molecule has 0 aliphatic heterocycles. The zero-order chi connectivity index (χ0) is 21.8. The fraction of sp³-hybridized carbons (Fsp3) is 0.300. The van der Waals surface area contributed by atoms with Crippen LogP contribution in [0, 0.1) is 13.8 Å². The van der Waals surface area contributed by atoms with Gasteiger partial charge in [-0.15, -0.1) is 0 Å². The van der Waals surface area contributed by atoms with E-state index in [1.54, 1.807) is 0 Å². The van der Waals surface area contributed by atoms with Gasteiger partial charge < -0.3 is 10.1 Å². The third kappa shape index (κ3) is 5.20. The number of carbonyl (C=O) groups is 2. The molecule has 0 saturated heterocycles. The summed E-state index contributed by atoms with van der Waals surface area (Å²) >= 11 is 0. The van der Waals surface area contributed by atoms with Gasteiger partial charge >= 0.3 is 5.97 Å². The second-order valence-electron chi connectivity index (χ2n) is 6.43. The fourth-order valence-electron chi connectivity index (χ4n) is 2.55. The highest BCUT2D eigenvalue weighted by molar-refractivity contribution is 7.89. The van der Waals surface area contributed by atoms with Gasteiger partial charge in [0.1, 0.15) is 0 Å². The van der Waals surface area contributed by atoms with Gasteiger partial charge in [0.25, 0.3) is 15.9 Å². The molecule has 0 aliphatic carbocycles. The summed E-state index contributed by atoms with van der Waals surface area (Å²) in [6.45, 7) is 5.17. The van der Waals surface area contributed by atoms with Crippen molar-refractivity contribution in [1.82, 2.24) is 4.47 Å². The SMILES string of the molecule is CON(C)S(=O)(=O)c1cccc(C(=O)OC(C)C(=O)Nc2c(C)cccc2C)c1. The molecule has 29 heavy (non-hydrogen) atoms. The van der Waals surface area contributed by atoms with Gasteiger partial charge in [-0.25, -0.2) is 13.2 Å². The Hall–Kier alpha value is -2.75. The maximum absolute atomic E-state index is 12.4. The van der Waals surface area contributed by atoms with Gasteiger partial charge in [-0.3, -0.25) is 9.63 Å². The number of ether oxygens (including phenoxy) is 1. The van der Waals surface area contributed by atoms with E-state index in [2.05, 4.69) is 5.32 Å². The van der Waals surface area contributed by atoms with Gasteiger partial charge in [-0.2, -0.15) is 0 Å². The Morgan fingerprint density at radius 3 is 2.24 bits per heavy atom. The number of aryl methyl sites for hydroxylation is 2. The largest absolute Gasteiger partial charge is 0.449 e. The van der Waals surface area contributed by atoms with Crippen molar-refractivity contribution in [2.75, 3.05) is 19.5 Å². The van der Waals surface area contributed by atoms with E-state index in [0.717, 1.165) is 11.1 Å². The summed E-state index contributed by atoms with van der Waals surface area (Å²) in [5.74, 6) is -1.30. The van der Waals surface area contributed by atoms with E-state index >= 15 is 0 Å². The van der Waals surface area contributed by atoms with E-state index in [0.29, 0.717) is 10.2 Å². The summed E-state index contributed by atoms with van der Waals surface area (Å²) in [6.07, 6.45) is -1.08. The normalized spacial score (nSPS) is 12.5. The number of nitrogens with one attached hydrogen (secondary N) is 1. The smallest absolute Gasteiger partial charge is 0.338 e. The number of esters is 1. The first-order chi connectivity index (χ1) is 13.6. The number of hydroxylamine groups is 1. The molecule has 8 nitrogen and oxygen atoms in total. The highest BCUT2D eigenvalue weighted by Crippen LogP contribution is 2.20. The first-order valence-corrected chi connectivity index (χ1v) is 10.2. The summed E-state index contributed by atoms with van der Waals surface area (Å²) in [5.41, 5.74) is 2.44. The molecular formula is C20H24N2O6S. The minimum absolute atomic E-state index is 0.00213. The van der Waals surface area contributed by atoms with Crippen molar-refractivity contribution >= 4 is 27.6 Å². The van der Waals surface area contributed by atoms with Crippen molar-refractivity contribution in [2.45, 2.75) is 31.8 Å². The van der Waals surface area contributed by atoms with Crippen LogP contribution in [0.5, 0.6) is 0 Å². The Kier molecular flexibility index (Phi) is 7.12. The highest BCUT2D eigenvalue weighted by Gasteiger charge is 2.24. The number of hydrogen-bond donors (Lipinski definition) is 1. The van der Waals surface area contributed by atoms with Crippen molar-refractivity contribution in [3.63, 3.8) is 0 Å². The summed E-state index contributed by atoms with van der Waals surface area (Å²) < 4.78 is 30.5.